The molecule has 0 aromatic carbocycles. The molecule has 0 bridgehead atoms. The maximum Gasteiger partial charge on any atom is 0.0259 e. The molecule has 0 aromatic heterocycles. The maximum atomic E-state index is 11.2. The molecular formula is C6H15FN2. The van der Waals surface area contributed by atoms with Gasteiger partial charge in [-0.1, -0.05) is 12.8 Å². The normalized spacial score (nSPS) is 10.0. The minimum Gasteiger partial charge on any atom is -0.330 e. The predicted molar refractivity (Wildman–Crippen MR) is 36.6 cm³/mol. The van der Waals surface area contributed by atoms with Crippen LogP contribution in [0.5, 0.6) is 0 Å². The Hall–Kier alpha value is -0.150. The average Bonchev–Trinajstić information content (AvgIpc) is 1.89. The number of rotatable bonds is 6. The number of halogens is 1. The quantitative estimate of drug-likeness (QED) is 0.420. The van der Waals surface area contributed by atoms with Gasteiger partial charge in [0, 0.05) is 6.54 Å². The minimum absolute atomic E-state index is 0.477. The van der Waals surface area contributed by atoms with E-state index >= 15 is 0 Å². The van der Waals surface area contributed by atoms with Crippen molar-refractivity contribution in [2.24, 2.45) is 5.73 Å². The van der Waals surface area contributed by atoms with Crippen molar-refractivity contribution in [1.29, 1.82) is 0 Å². The molecule has 0 saturated heterocycles. The molecule has 0 aliphatic heterocycles. The molecule has 56 valence electrons. The van der Waals surface area contributed by atoms with Crippen LogP contribution < -0.4 is 11.3 Å². The molecular weight excluding hydrogens is 119 g/mol. The lowest BCUT2D eigenvalue weighted by Gasteiger charge is -1.95. The molecule has 0 spiro atoms. The predicted octanol–water partition coefficient (Wildman–Crippen LogP) is 0.980. The lowest BCUT2D eigenvalue weighted by atomic mass is 10.2. The van der Waals surface area contributed by atoms with Gasteiger partial charge in [0.05, 0.1) is 0 Å². The summed E-state index contributed by atoms with van der Waals surface area (Å²) < 4.78 is 11.2. The van der Waals surface area contributed by atoms with Gasteiger partial charge in [-0.05, 0) is 19.4 Å². The highest BCUT2D eigenvalue weighted by Crippen LogP contribution is 1.96. The monoisotopic (exact) mass is 134 g/mol. The van der Waals surface area contributed by atoms with Crippen LogP contribution >= 0.6 is 0 Å². The van der Waals surface area contributed by atoms with E-state index in [0.717, 1.165) is 32.2 Å². The van der Waals surface area contributed by atoms with Crippen molar-refractivity contribution in [3.8, 4) is 0 Å². The van der Waals surface area contributed by atoms with Crippen molar-refractivity contribution in [3.05, 3.63) is 0 Å². The van der Waals surface area contributed by atoms with Crippen LogP contribution in [-0.2, 0) is 0 Å². The first-order chi connectivity index (χ1) is 4.41. The molecule has 0 saturated carbocycles. The van der Waals surface area contributed by atoms with Gasteiger partial charge in [0.25, 0.3) is 0 Å². The summed E-state index contributed by atoms with van der Waals surface area (Å²) in [5.41, 5.74) is 6.87. The number of hydrogen-bond donors (Lipinski definition) is 2. The topological polar surface area (TPSA) is 38.0 Å². The Morgan fingerprint density at radius 1 is 1.11 bits per heavy atom. The zero-order valence-electron chi connectivity index (χ0n) is 5.70. The summed E-state index contributed by atoms with van der Waals surface area (Å²) in [6, 6.07) is 0. The molecule has 3 heteroatoms. The van der Waals surface area contributed by atoms with Crippen molar-refractivity contribution < 1.29 is 4.48 Å². The first-order valence-electron chi connectivity index (χ1n) is 3.45. The van der Waals surface area contributed by atoms with Crippen LogP contribution in [0.3, 0.4) is 0 Å². The summed E-state index contributed by atoms with van der Waals surface area (Å²) in [6.07, 6.45) is 4.18. The fraction of sp³-hybridized carbons (Fsp3) is 1.00. The largest absolute Gasteiger partial charge is 0.330 e. The molecule has 0 aliphatic carbocycles. The average molecular weight is 134 g/mol. The summed E-state index contributed by atoms with van der Waals surface area (Å²) in [4.78, 5) is 0. The molecule has 2 nitrogen and oxygen atoms in total. The Morgan fingerprint density at radius 3 is 2.33 bits per heavy atom. The molecule has 0 fully saturated rings. The molecule has 0 heterocycles. The summed E-state index contributed by atoms with van der Waals surface area (Å²) in [5.74, 6) is 0. The minimum atomic E-state index is 0.477. The Balaban J connectivity index is 2.60. The summed E-state index contributed by atoms with van der Waals surface area (Å²) in [5, 5.41) is 0. The molecule has 3 N–H and O–H groups in total. The molecule has 0 radical (unpaired) electrons. The first kappa shape index (κ1) is 8.85. The number of hydrogen-bond acceptors (Lipinski definition) is 2. The summed E-state index contributed by atoms with van der Waals surface area (Å²) in [6.45, 7) is 1.23. The smallest absolute Gasteiger partial charge is 0.0259 e. The third-order valence-electron chi connectivity index (χ3n) is 1.23. The number of nitrogens with one attached hydrogen (secondary N) is 1. The van der Waals surface area contributed by atoms with Crippen LogP contribution in [0.25, 0.3) is 0 Å². The van der Waals surface area contributed by atoms with Gasteiger partial charge >= 0.3 is 0 Å². The lowest BCUT2D eigenvalue weighted by molar-refractivity contribution is 0.328. The van der Waals surface area contributed by atoms with E-state index in [1.54, 1.807) is 5.54 Å². The van der Waals surface area contributed by atoms with Crippen LogP contribution in [0.1, 0.15) is 25.7 Å². The fourth-order valence-electron chi connectivity index (χ4n) is 0.690. The second-order valence-corrected chi connectivity index (χ2v) is 2.09. The summed E-state index contributed by atoms with van der Waals surface area (Å²) in [7, 11) is 0. The van der Waals surface area contributed by atoms with Crippen LogP contribution in [0.15, 0.2) is 0 Å². The van der Waals surface area contributed by atoms with Crippen molar-refractivity contribution in [1.82, 2.24) is 5.54 Å². The van der Waals surface area contributed by atoms with E-state index in [1.165, 1.54) is 0 Å². The lowest BCUT2D eigenvalue weighted by Crippen LogP contribution is -2.02. The van der Waals surface area contributed by atoms with Gasteiger partial charge < -0.3 is 5.73 Å². The highest BCUT2D eigenvalue weighted by molar-refractivity contribution is 4.43. The number of unbranched alkanes of at least 4 members (excludes halogenated alkanes) is 3. The van der Waals surface area contributed by atoms with E-state index in [9.17, 15) is 4.48 Å². The Labute approximate surface area is 55.6 Å². The first-order valence-corrected chi connectivity index (χ1v) is 3.45. The summed E-state index contributed by atoms with van der Waals surface area (Å²) >= 11 is 0. The van der Waals surface area contributed by atoms with Crippen LogP contribution in [0.4, 0.5) is 4.48 Å². The highest BCUT2D eigenvalue weighted by Gasteiger charge is 1.86. The molecule has 0 aliphatic rings. The molecule has 9 heavy (non-hydrogen) atoms. The molecule has 0 atom stereocenters. The van der Waals surface area contributed by atoms with E-state index in [2.05, 4.69) is 0 Å². The van der Waals surface area contributed by atoms with E-state index in [0.29, 0.717) is 6.54 Å². The Bertz CT molecular complexity index is 44.3. The van der Waals surface area contributed by atoms with Gasteiger partial charge in [-0.3, -0.25) is 0 Å². The van der Waals surface area contributed by atoms with Gasteiger partial charge in [-0.15, -0.1) is 4.48 Å². The van der Waals surface area contributed by atoms with E-state index in [-0.39, 0.29) is 0 Å². The zero-order chi connectivity index (χ0) is 6.95. The van der Waals surface area contributed by atoms with Gasteiger partial charge in [0.15, 0.2) is 0 Å². The van der Waals surface area contributed by atoms with Gasteiger partial charge in [0.2, 0.25) is 0 Å². The number of nitrogens with two attached hydrogens (primary N) is 1. The van der Waals surface area contributed by atoms with Crippen molar-refractivity contribution in [2.75, 3.05) is 13.1 Å². The standard InChI is InChI=1S/C6H15FN2/c7-9-6-4-2-1-3-5-8/h9H,1-6,8H2. The Morgan fingerprint density at radius 2 is 1.78 bits per heavy atom. The van der Waals surface area contributed by atoms with E-state index in [1.807, 2.05) is 0 Å². The van der Waals surface area contributed by atoms with Crippen molar-refractivity contribution in [2.45, 2.75) is 25.7 Å². The van der Waals surface area contributed by atoms with Gasteiger partial charge in [-0.2, -0.15) is 5.54 Å². The third kappa shape index (κ3) is 7.85. The van der Waals surface area contributed by atoms with E-state index in [4.69, 9.17) is 5.73 Å². The van der Waals surface area contributed by atoms with Crippen LogP contribution in [0.2, 0.25) is 0 Å². The van der Waals surface area contributed by atoms with Crippen molar-refractivity contribution in [3.63, 3.8) is 0 Å². The zero-order valence-corrected chi connectivity index (χ0v) is 5.70. The van der Waals surface area contributed by atoms with E-state index < -0.39 is 0 Å². The Kier molecular flexibility index (Phi) is 7.72. The molecule has 0 unspecified atom stereocenters. The van der Waals surface area contributed by atoms with Gasteiger partial charge in [0.1, 0.15) is 0 Å². The second-order valence-electron chi connectivity index (χ2n) is 2.09. The molecule has 0 amide bonds. The van der Waals surface area contributed by atoms with Crippen LogP contribution in [0, 0.1) is 0 Å². The fourth-order valence-corrected chi connectivity index (χ4v) is 0.690. The SMILES string of the molecule is NCCCCCCNF. The van der Waals surface area contributed by atoms with Crippen molar-refractivity contribution >= 4 is 0 Å². The highest BCUT2D eigenvalue weighted by atomic mass is 19.2. The van der Waals surface area contributed by atoms with Gasteiger partial charge in [-0.25, -0.2) is 0 Å². The molecule has 0 rings (SSSR count). The maximum absolute atomic E-state index is 11.2. The second kappa shape index (κ2) is 7.85. The molecule has 0 aromatic rings. The van der Waals surface area contributed by atoms with Crippen LogP contribution in [-0.4, -0.2) is 13.1 Å². The third-order valence-corrected chi connectivity index (χ3v) is 1.23.